The summed E-state index contributed by atoms with van der Waals surface area (Å²) in [6.45, 7) is 1.88. The molecule has 3 aromatic rings. The molecule has 0 spiro atoms. The molecule has 0 unspecified atom stereocenters. The fourth-order valence-corrected chi connectivity index (χ4v) is 2.32. The van der Waals surface area contributed by atoms with Gasteiger partial charge in [0.25, 0.3) is 0 Å². The average molecular weight is 381 g/mol. The zero-order valence-corrected chi connectivity index (χ0v) is 14.7. The lowest BCUT2D eigenvalue weighted by Gasteiger charge is -2.12. The number of para-hydroxylation sites is 1. The van der Waals surface area contributed by atoms with Crippen molar-refractivity contribution in [3.05, 3.63) is 70.8 Å². The molecule has 1 aromatic carbocycles. The summed E-state index contributed by atoms with van der Waals surface area (Å²) in [5.74, 6) is -0.670. The first-order valence-electron chi connectivity index (χ1n) is 8.20. The van der Waals surface area contributed by atoms with Gasteiger partial charge in [0.15, 0.2) is 0 Å². The van der Waals surface area contributed by atoms with E-state index in [-0.39, 0.29) is 29.6 Å². The number of carbonyl (C=O) groups is 1. The van der Waals surface area contributed by atoms with Gasteiger partial charge in [-0.25, -0.2) is 9.78 Å². The Labute approximate surface area is 159 Å². The summed E-state index contributed by atoms with van der Waals surface area (Å²) < 4.78 is 10.5. The molecule has 28 heavy (non-hydrogen) atoms. The fraction of sp³-hybridized carbons (Fsp3) is 0.111. The van der Waals surface area contributed by atoms with Crippen LogP contribution in [0.2, 0.25) is 0 Å². The molecule has 142 valence electrons. The van der Waals surface area contributed by atoms with Crippen LogP contribution in [0.4, 0.5) is 17.2 Å². The van der Waals surface area contributed by atoms with Gasteiger partial charge in [0, 0.05) is 6.20 Å². The van der Waals surface area contributed by atoms with Gasteiger partial charge >= 0.3 is 17.5 Å². The van der Waals surface area contributed by atoms with Gasteiger partial charge in [0.05, 0.1) is 29.0 Å². The van der Waals surface area contributed by atoms with Gasteiger partial charge in [-0.3, -0.25) is 15.1 Å². The van der Waals surface area contributed by atoms with Gasteiger partial charge in [-0.15, -0.1) is 0 Å². The highest BCUT2D eigenvalue weighted by Gasteiger charge is 2.26. The van der Waals surface area contributed by atoms with Crippen molar-refractivity contribution in [1.29, 1.82) is 0 Å². The summed E-state index contributed by atoms with van der Waals surface area (Å²) in [7, 11) is 0. The zero-order chi connectivity index (χ0) is 19.9. The SMILES string of the molecule is CCOC(=O)c1ccccc1Nc1ncnc(Oc2cccnc2)c1[N+](=O)[O-]. The van der Waals surface area contributed by atoms with Crippen LogP contribution in [0.3, 0.4) is 0 Å². The summed E-state index contributed by atoms with van der Waals surface area (Å²) in [4.78, 5) is 34.8. The standard InChI is InChI=1S/C18H15N5O5/c1-2-27-18(24)13-7-3-4-8-14(13)22-16-15(23(25)26)17(21-11-20-16)28-12-6-5-9-19-10-12/h3-11H,2H2,1H3,(H,20,21,22). The van der Waals surface area contributed by atoms with Crippen molar-refractivity contribution in [3.63, 3.8) is 0 Å². The van der Waals surface area contributed by atoms with Crippen molar-refractivity contribution in [2.45, 2.75) is 6.92 Å². The second-order valence-electron chi connectivity index (χ2n) is 5.31. The number of nitrogens with one attached hydrogen (secondary N) is 1. The molecule has 0 fully saturated rings. The quantitative estimate of drug-likeness (QED) is 0.371. The first-order chi connectivity index (χ1) is 13.6. The monoisotopic (exact) mass is 381 g/mol. The number of hydrogen-bond acceptors (Lipinski definition) is 9. The van der Waals surface area contributed by atoms with Crippen molar-refractivity contribution in [1.82, 2.24) is 15.0 Å². The van der Waals surface area contributed by atoms with Crippen LogP contribution in [0, 0.1) is 10.1 Å². The highest BCUT2D eigenvalue weighted by Crippen LogP contribution is 2.35. The van der Waals surface area contributed by atoms with E-state index in [2.05, 4.69) is 20.3 Å². The molecule has 2 aromatic heterocycles. The maximum absolute atomic E-state index is 12.1. The van der Waals surface area contributed by atoms with E-state index < -0.39 is 16.6 Å². The molecule has 10 heteroatoms. The Bertz CT molecular complexity index is 997. The van der Waals surface area contributed by atoms with Crippen molar-refractivity contribution in [2.75, 3.05) is 11.9 Å². The van der Waals surface area contributed by atoms with E-state index >= 15 is 0 Å². The number of rotatable bonds is 7. The normalized spacial score (nSPS) is 10.2. The van der Waals surface area contributed by atoms with E-state index in [9.17, 15) is 14.9 Å². The number of aromatic nitrogens is 3. The smallest absolute Gasteiger partial charge is 0.373 e. The third kappa shape index (κ3) is 4.18. The van der Waals surface area contributed by atoms with Crippen molar-refractivity contribution in [3.8, 4) is 11.6 Å². The number of hydrogen-bond donors (Lipinski definition) is 1. The fourth-order valence-electron chi connectivity index (χ4n) is 2.32. The molecule has 3 rings (SSSR count). The van der Waals surface area contributed by atoms with Crippen LogP contribution in [0.5, 0.6) is 11.6 Å². The minimum Gasteiger partial charge on any atom is -0.462 e. The average Bonchev–Trinajstić information content (AvgIpc) is 2.69. The first-order valence-corrected chi connectivity index (χ1v) is 8.20. The number of ether oxygens (including phenoxy) is 2. The third-order valence-corrected chi connectivity index (χ3v) is 3.50. The molecule has 2 heterocycles. The molecule has 0 atom stereocenters. The van der Waals surface area contributed by atoms with Crippen molar-refractivity contribution in [2.24, 2.45) is 0 Å². The summed E-state index contributed by atoms with van der Waals surface area (Å²) in [5.41, 5.74) is 0.0343. The number of anilines is 2. The highest BCUT2D eigenvalue weighted by molar-refractivity contribution is 5.96. The lowest BCUT2D eigenvalue weighted by molar-refractivity contribution is -0.385. The van der Waals surface area contributed by atoms with E-state index in [0.29, 0.717) is 5.69 Å². The van der Waals surface area contributed by atoms with Crippen LogP contribution in [-0.2, 0) is 4.74 Å². The summed E-state index contributed by atoms with van der Waals surface area (Å²) in [6, 6.07) is 9.66. The maximum atomic E-state index is 12.1. The van der Waals surface area contributed by atoms with Gasteiger partial charge in [-0.2, -0.15) is 4.98 Å². The molecule has 0 saturated heterocycles. The van der Waals surface area contributed by atoms with E-state index in [1.165, 1.54) is 6.20 Å². The van der Waals surface area contributed by atoms with Gasteiger partial charge in [0.2, 0.25) is 5.82 Å². The lowest BCUT2D eigenvalue weighted by atomic mass is 10.2. The molecule has 0 aliphatic rings. The van der Waals surface area contributed by atoms with Crippen LogP contribution in [-0.4, -0.2) is 32.5 Å². The van der Waals surface area contributed by atoms with E-state index in [0.717, 1.165) is 6.33 Å². The van der Waals surface area contributed by atoms with Crippen LogP contribution >= 0.6 is 0 Å². The Balaban J connectivity index is 1.98. The van der Waals surface area contributed by atoms with Gasteiger partial charge in [-0.05, 0) is 31.2 Å². The Morgan fingerprint density at radius 3 is 2.75 bits per heavy atom. The van der Waals surface area contributed by atoms with Crippen molar-refractivity contribution >= 4 is 23.2 Å². The number of nitrogens with zero attached hydrogens (tertiary/aromatic N) is 4. The Hall–Kier alpha value is -4.08. The van der Waals surface area contributed by atoms with Crippen LogP contribution < -0.4 is 10.1 Å². The predicted molar refractivity (Wildman–Crippen MR) is 98.7 cm³/mol. The molecule has 0 saturated carbocycles. The number of pyridine rings is 1. The van der Waals surface area contributed by atoms with Gasteiger partial charge < -0.3 is 14.8 Å². The molecular formula is C18H15N5O5. The van der Waals surface area contributed by atoms with Crippen molar-refractivity contribution < 1.29 is 19.2 Å². The molecule has 0 amide bonds. The Morgan fingerprint density at radius 1 is 1.21 bits per heavy atom. The largest absolute Gasteiger partial charge is 0.462 e. The van der Waals surface area contributed by atoms with Gasteiger partial charge in [-0.1, -0.05) is 12.1 Å². The maximum Gasteiger partial charge on any atom is 0.373 e. The van der Waals surface area contributed by atoms with E-state index in [4.69, 9.17) is 9.47 Å². The zero-order valence-electron chi connectivity index (χ0n) is 14.7. The second-order valence-corrected chi connectivity index (χ2v) is 5.31. The molecule has 0 radical (unpaired) electrons. The molecule has 0 aliphatic heterocycles. The molecule has 0 bridgehead atoms. The second kappa shape index (κ2) is 8.54. The van der Waals surface area contributed by atoms with Crippen LogP contribution in [0.1, 0.15) is 17.3 Å². The molecule has 1 N–H and O–H groups in total. The lowest BCUT2D eigenvalue weighted by Crippen LogP contribution is -2.09. The van der Waals surface area contributed by atoms with Crippen LogP contribution in [0.25, 0.3) is 0 Å². The Morgan fingerprint density at radius 2 is 2.04 bits per heavy atom. The topological polar surface area (TPSA) is 129 Å². The summed E-state index contributed by atoms with van der Waals surface area (Å²) in [6.07, 6.45) is 4.06. The first kappa shape index (κ1) is 18.7. The molecular weight excluding hydrogens is 366 g/mol. The number of nitro groups is 1. The van der Waals surface area contributed by atoms with Crippen LogP contribution in [0.15, 0.2) is 55.1 Å². The minimum atomic E-state index is -0.666. The van der Waals surface area contributed by atoms with E-state index in [1.807, 2.05) is 0 Å². The number of carbonyl (C=O) groups excluding carboxylic acids is 1. The predicted octanol–water partition coefficient (Wildman–Crippen LogP) is 3.49. The molecule has 0 aliphatic carbocycles. The summed E-state index contributed by atoms with van der Waals surface area (Å²) >= 11 is 0. The van der Waals surface area contributed by atoms with E-state index in [1.54, 1.807) is 49.5 Å². The summed E-state index contributed by atoms with van der Waals surface area (Å²) in [5, 5.41) is 14.4. The minimum absolute atomic E-state index is 0.129. The molecule has 10 nitrogen and oxygen atoms in total. The number of benzene rings is 1. The Kier molecular flexibility index (Phi) is 5.70. The third-order valence-electron chi connectivity index (χ3n) is 3.50. The number of esters is 1. The highest BCUT2D eigenvalue weighted by atomic mass is 16.6. The van der Waals surface area contributed by atoms with Gasteiger partial charge in [0.1, 0.15) is 12.1 Å².